The van der Waals surface area contributed by atoms with Gasteiger partial charge in [0.05, 0.1) is 12.8 Å². The molecule has 5 nitrogen and oxygen atoms in total. The van der Waals surface area contributed by atoms with Crippen LogP contribution in [0.4, 0.5) is 0 Å². The van der Waals surface area contributed by atoms with Crippen molar-refractivity contribution in [3.8, 4) is 11.5 Å². The second kappa shape index (κ2) is 6.15. The highest BCUT2D eigenvalue weighted by Crippen LogP contribution is 2.18. The monoisotopic (exact) mass is 226 g/mol. The van der Waals surface area contributed by atoms with Gasteiger partial charge < -0.3 is 9.84 Å². The van der Waals surface area contributed by atoms with E-state index in [1.807, 2.05) is 0 Å². The van der Waals surface area contributed by atoms with Gasteiger partial charge in [0.1, 0.15) is 0 Å². The van der Waals surface area contributed by atoms with Crippen molar-refractivity contribution in [2.45, 2.75) is 39.7 Å². The summed E-state index contributed by atoms with van der Waals surface area (Å²) in [5, 5.41) is 13.3. The molecule has 16 heavy (non-hydrogen) atoms. The molecule has 90 valence electrons. The normalized spacial score (nSPS) is 10.4. The molecule has 0 atom stereocenters. The smallest absolute Gasteiger partial charge is 0.313 e. The van der Waals surface area contributed by atoms with Crippen LogP contribution < -0.4 is 10.3 Å². The van der Waals surface area contributed by atoms with Crippen LogP contribution in [0.15, 0.2) is 11.0 Å². The van der Waals surface area contributed by atoms with Gasteiger partial charge in [-0.2, -0.15) is 5.10 Å². The zero-order valence-corrected chi connectivity index (χ0v) is 9.77. The number of aromatic hydroxyl groups is 1. The van der Waals surface area contributed by atoms with Crippen LogP contribution in [0.1, 0.15) is 33.1 Å². The lowest BCUT2D eigenvalue weighted by Gasteiger charge is -2.08. The maximum Gasteiger partial charge on any atom is 0.313 e. The topological polar surface area (TPSA) is 64.3 Å². The standard InChI is InChI=1S/C11H18N2O3/c1-3-5-6-7-13-11(15)10(16-4-2)9(14)8-12-13/h8,14H,3-7H2,1-2H3. The highest BCUT2D eigenvalue weighted by atomic mass is 16.5. The molecule has 0 fully saturated rings. The van der Waals surface area contributed by atoms with Gasteiger partial charge in [-0.15, -0.1) is 0 Å². The Kier molecular flexibility index (Phi) is 4.82. The molecule has 0 saturated carbocycles. The molecule has 0 radical (unpaired) electrons. The van der Waals surface area contributed by atoms with Crippen molar-refractivity contribution in [1.29, 1.82) is 0 Å². The first-order valence-corrected chi connectivity index (χ1v) is 5.62. The number of aryl methyl sites for hydroxylation is 1. The van der Waals surface area contributed by atoms with E-state index in [0.29, 0.717) is 13.2 Å². The average Bonchev–Trinajstić information content (AvgIpc) is 2.28. The summed E-state index contributed by atoms with van der Waals surface area (Å²) in [6.07, 6.45) is 4.29. The molecule has 1 aromatic heterocycles. The van der Waals surface area contributed by atoms with Gasteiger partial charge in [-0.1, -0.05) is 19.8 Å². The summed E-state index contributed by atoms with van der Waals surface area (Å²) in [6.45, 7) is 4.77. The molecule has 0 unspecified atom stereocenters. The van der Waals surface area contributed by atoms with Crippen molar-refractivity contribution in [2.24, 2.45) is 0 Å². The van der Waals surface area contributed by atoms with Gasteiger partial charge in [-0.3, -0.25) is 4.79 Å². The van der Waals surface area contributed by atoms with E-state index >= 15 is 0 Å². The fourth-order valence-electron chi connectivity index (χ4n) is 1.41. The van der Waals surface area contributed by atoms with Gasteiger partial charge in [0.2, 0.25) is 5.75 Å². The first-order chi connectivity index (χ1) is 7.70. The molecule has 1 heterocycles. The lowest BCUT2D eigenvalue weighted by atomic mass is 10.2. The number of nitrogens with zero attached hydrogens (tertiary/aromatic N) is 2. The number of rotatable bonds is 6. The van der Waals surface area contributed by atoms with E-state index in [1.165, 1.54) is 10.9 Å². The lowest BCUT2D eigenvalue weighted by Crippen LogP contribution is -2.24. The summed E-state index contributed by atoms with van der Waals surface area (Å²) in [6, 6.07) is 0. The van der Waals surface area contributed by atoms with Crippen molar-refractivity contribution in [1.82, 2.24) is 9.78 Å². The van der Waals surface area contributed by atoms with Gasteiger partial charge in [0, 0.05) is 6.54 Å². The minimum atomic E-state index is -0.363. The predicted octanol–water partition coefficient (Wildman–Crippen LogP) is 1.54. The van der Waals surface area contributed by atoms with Crippen LogP contribution in [-0.2, 0) is 6.54 Å². The van der Waals surface area contributed by atoms with Crippen LogP contribution in [-0.4, -0.2) is 21.5 Å². The number of unbranched alkanes of at least 4 members (excludes halogenated alkanes) is 2. The number of hydrogen-bond acceptors (Lipinski definition) is 4. The molecule has 0 aromatic carbocycles. The highest BCUT2D eigenvalue weighted by Gasteiger charge is 2.10. The van der Waals surface area contributed by atoms with Crippen molar-refractivity contribution in [3.05, 3.63) is 16.6 Å². The Morgan fingerprint density at radius 2 is 2.19 bits per heavy atom. The van der Waals surface area contributed by atoms with Crippen LogP contribution in [0, 0.1) is 0 Å². The fraction of sp³-hybridized carbons (Fsp3) is 0.636. The van der Waals surface area contributed by atoms with Gasteiger partial charge in [-0.25, -0.2) is 4.68 Å². The van der Waals surface area contributed by atoms with E-state index in [-0.39, 0.29) is 17.1 Å². The number of ether oxygens (including phenoxy) is 1. The molecule has 0 aliphatic carbocycles. The SMILES string of the molecule is CCCCCn1ncc(O)c(OCC)c1=O. The van der Waals surface area contributed by atoms with E-state index in [9.17, 15) is 9.90 Å². The minimum absolute atomic E-state index is 0.00556. The predicted molar refractivity (Wildman–Crippen MR) is 60.9 cm³/mol. The minimum Gasteiger partial charge on any atom is -0.503 e. The van der Waals surface area contributed by atoms with Crippen LogP contribution in [0.3, 0.4) is 0 Å². The molecule has 0 aliphatic heterocycles. The average molecular weight is 226 g/mol. The lowest BCUT2D eigenvalue weighted by molar-refractivity contribution is 0.304. The van der Waals surface area contributed by atoms with Crippen molar-refractivity contribution in [3.63, 3.8) is 0 Å². The summed E-state index contributed by atoms with van der Waals surface area (Å²) in [5.74, 6) is -0.201. The molecule has 1 rings (SSSR count). The van der Waals surface area contributed by atoms with Crippen molar-refractivity contribution >= 4 is 0 Å². The first-order valence-electron chi connectivity index (χ1n) is 5.62. The molecule has 0 spiro atoms. The third kappa shape index (κ3) is 2.98. The quantitative estimate of drug-likeness (QED) is 0.747. The van der Waals surface area contributed by atoms with Crippen LogP contribution in [0.25, 0.3) is 0 Å². The third-order valence-corrected chi connectivity index (χ3v) is 2.24. The summed E-state index contributed by atoms with van der Waals surface area (Å²) >= 11 is 0. The summed E-state index contributed by atoms with van der Waals surface area (Å²) in [5.41, 5.74) is -0.363. The molecule has 0 saturated heterocycles. The Balaban J connectivity index is 2.86. The Bertz CT molecular complexity index is 387. The second-order valence-electron chi connectivity index (χ2n) is 3.53. The Morgan fingerprint density at radius 1 is 1.44 bits per heavy atom. The number of hydrogen-bond donors (Lipinski definition) is 1. The summed E-state index contributed by atoms with van der Waals surface area (Å²) in [4.78, 5) is 11.8. The number of aromatic nitrogens is 2. The van der Waals surface area contributed by atoms with Crippen LogP contribution in [0.5, 0.6) is 11.5 Å². The molecular weight excluding hydrogens is 208 g/mol. The highest BCUT2D eigenvalue weighted by molar-refractivity contribution is 5.33. The second-order valence-corrected chi connectivity index (χ2v) is 3.53. The molecule has 0 bridgehead atoms. The third-order valence-electron chi connectivity index (χ3n) is 2.24. The molecule has 5 heteroatoms. The van der Waals surface area contributed by atoms with Crippen LogP contribution >= 0.6 is 0 Å². The van der Waals surface area contributed by atoms with E-state index in [2.05, 4.69) is 12.0 Å². The van der Waals surface area contributed by atoms with Gasteiger partial charge in [0.25, 0.3) is 0 Å². The van der Waals surface area contributed by atoms with E-state index in [1.54, 1.807) is 6.92 Å². The van der Waals surface area contributed by atoms with Gasteiger partial charge in [-0.05, 0) is 13.3 Å². The Hall–Kier alpha value is -1.52. The zero-order chi connectivity index (χ0) is 12.0. The maximum absolute atomic E-state index is 11.8. The zero-order valence-electron chi connectivity index (χ0n) is 9.77. The van der Waals surface area contributed by atoms with Crippen molar-refractivity contribution < 1.29 is 9.84 Å². The van der Waals surface area contributed by atoms with Crippen LogP contribution in [0.2, 0.25) is 0 Å². The Morgan fingerprint density at radius 3 is 2.81 bits per heavy atom. The molecule has 0 amide bonds. The molecule has 1 aromatic rings. The van der Waals surface area contributed by atoms with E-state index in [4.69, 9.17) is 4.74 Å². The molecule has 0 aliphatic rings. The van der Waals surface area contributed by atoms with Gasteiger partial charge in [0.15, 0.2) is 5.75 Å². The van der Waals surface area contributed by atoms with Gasteiger partial charge >= 0.3 is 5.56 Å². The summed E-state index contributed by atoms with van der Waals surface area (Å²) < 4.78 is 6.42. The summed E-state index contributed by atoms with van der Waals surface area (Å²) in [7, 11) is 0. The first kappa shape index (κ1) is 12.5. The largest absolute Gasteiger partial charge is 0.503 e. The van der Waals surface area contributed by atoms with E-state index in [0.717, 1.165) is 19.3 Å². The molecular formula is C11H18N2O3. The van der Waals surface area contributed by atoms with E-state index < -0.39 is 0 Å². The molecule has 1 N–H and O–H groups in total. The Labute approximate surface area is 94.7 Å². The maximum atomic E-state index is 11.8. The van der Waals surface area contributed by atoms with Crippen molar-refractivity contribution in [2.75, 3.05) is 6.61 Å². The fourth-order valence-corrected chi connectivity index (χ4v) is 1.41.